The van der Waals surface area contributed by atoms with Crippen LogP contribution in [-0.2, 0) is 7.05 Å². The Balaban J connectivity index is 2.42. The van der Waals surface area contributed by atoms with Crippen molar-refractivity contribution >= 4 is 15.9 Å². The van der Waals surface area contributed by atoms with E-state index < -0.39 is 0 Å². The Hall–Kier alpha value is -1.20. The number of hydrogen-bond donors (Lipinski definition) is 1. The molecule has 0 saturated carbocycles. The fourth-order valence-corrected chi connectivity index (χ4v) is 3.27. The minimum absolute atomic E-state index is 0.137. The molecule has 2 rings (SSSR count). The predicted octanol–water partition coefficient (Wildman–Crippen LogP) is 3.41. The van der Waals surface area contributed by atoms with Crippen LogP contribution in [0.1, 0.15) is 43.5 Å². The lowest BCUT2D eigenvalue weighted by Crippen LogP contribution is -2.27. The number of hydrogen-bond acceptors (Lipinski definition) is 3. The molecule has 0 bridgehead atoms. The molecular formula is C15H21BrN4. The minimum Gasteiger partial charge on any atom is -0.322 e. The van der Waals surface area contributed by atoms with Gasteiger partial charge in [-0.2, -0.15) is 0 Å². The van der Waals surface area contributed by atoms with Crippen molar-refractivity contribution in [2.75, 3.05) is 0 Å². The number of nitrogens with two attached hydrogens (primary N) is 1. The van der Waals surface area contributed by atoms with Crippen LogP contribution in [0.15, 0.2) is 34.9 Å². The Morgan fingerprint density at radius 3 is 2.45 bits per heavy atom. The zero-order chi connectivity index (χ0) is 14.7. The number of aromatic nitrogens is 3. The van der Waals surface area contributed by atoms with Gasteiger partial charge in [-0.15, -0.1) is 5.10 Å². The lowest BCUT2D eigenvalue weighted by Gasteiger charge is -2.29. The first kappa shape index (κ1) is 15.2. The van der Waals surface area contributed by atoms with E-state index in [2.05, 4.69) is 64.4 Å². The zero-order valence-corrected chi connectivity index (χ0v) is 13.7. The van der Waals surface area contributed by atoms with Gasteiger partial charge < -0.3 is 5.73 Å². The maximum absolute atomic E-state index is 6.56. The van der Waals surface area contributed by atoms with E-state index in [0.717, 1.165) is 16.7 Å². The molecule has 5 heteroatoms. The maximum atomic E-state index is 6.56. The van der Waals surface area contributed by atoms with E-state index in [1.165, 1.54) is 5.56 Å². The molecule has 2 aromatic rings. The fraction of sp³-hybridized carbons (Fsp3) is 0.467. The SMILES string of the molecule is CCC(C)C(c1ccccc1)C(N)c1c(Br)nnn1C. The molecule has 0 amide bonds. The second kappa shape index (κ2) is 6.50. The summed E-state index contributed by atoms with van der Waals surface area (Å²) >= 11 is 3.46. The van der Waals surface area contributed by atoms with Gasteiger partial charge in [-0.1, -0.05) is 55.8 Å². The van der Waals surface area contributed by atoms with Crippen LogP contribution in [0.5, 0.6) is 0 Å². The average Bonchev–Trinajstić information content (AvgIpc) is 2.79. The quantitative estimate of drug-likeness (QED) is 0.910. The highest BCUT2D eigenvalue weighted by atomic mass is 79.9. The molecule has 108 valence electrons. The third kappa shape index (κ3) is 2.94. The predicted molar refractivity (Wildman–Crippen MR) is 84.3 cm³/mol. The standard InChI is InChI=1S/C15H21BrN4/c1-4-10(2)12(11-8-6-5-7-9-11)13(17)14-15(16)18-19-20(14)3/h5-10,12-13H,4,17H2,1-3H3. The number of rotatable bonds is 5. The summed E-state index contributed by atoms with van der Waals surface area (Å²) in [6, 6.07) is 10.3. The molecule has 20 heavy (non-hydrogen) atoms. The molecule has 0 radical (unpaired) electrons. The molecule has 3 atom stereocenters. The van der Waals surface area contributed by atoms with E-state index in [4.69, 9.17) is 5.73 Å². The summed E-state index contributed by atoms with van der Waals surface area (Å²) in [4.78, 5) is 0. The Kier molecular flexibility index (Phi) is 4.94. The van der Waals surface area contributed by atoms with E-state index in [1.807, 2.05) is 13.1 Å². The molecule has 0 aliphatic carbocycles. The zero-order valence-electron chi connectivity index (χ0n) is 12.1. The van der Waals surface area contributed by atoms with Crippen molar-refractivity contribution in [1.29, 1.82) is 0 Å². The van der Waals surface area contributed by atoms with Gasteiger partial charge >= 0.3 is 0 Å². The van der Waals surface area contributed by atoms with Gasteiger partial charge in [-0.25, -0.2) is 4.68 Å². The van der Waals surface area contributed by atoms with E-state index in [9.17, 15) is 0 Å². The second-order valence-corrected chi connectivity index (χ2v) is 5.99. The summed E-state index contributed by atoms with van der Waals surface area (Å²) in [6.45, 7) is 4.44. The molecule has 2 N–H and O–H groups in total. The summed E-state index contributed by atoms with van der Waals surface area (Å²) in [5.74, 6) is 0.726. The number of nitrogens with zero attached hydrogens (tertiary/aromatic N) is 3. The van der Waals surface area contributed by atoms with Crippen LogP contribution in [0.4, 0.5) is 0 Å². The summed E-state index contributed by atoms with van der Waals surface area (Å²) < 4.78 is 2.49. The average molecular weight is 337 g/mol. The molecule has 0 aliphatic rings. The molecule has 0 fully saturated rings. The van der Waals surface area contributed by atoms with Crippen LogP contribution >= 0.6 is 15.9 Å². The molecule has 0 saturated heterocycles. The van der Waals surface area contributed by atoms with E-state index in [0.29, 0.717) is 5.92 Å². The monoisotopic (exact) mass is 336 g/mol. The van der Waals surface area contributed by atoms with Crippen LogP contribution in [0.2, 0.25) is 0 Å². The van der Waals surface area contributed by atoms with E-state index in [1.54, 1.807) is 4.68 Å². The Labute approximate surface area is 128 Å². The highest BCUT2D eigenvalue weighted by Crippen LogP contribution is 2.38. The van der Waals surface area contributed by atoms with Gasteiger partial charge in [0.25, 0.3) is 0 Å². The molecule has 1 heterocycles. The van der Waals surface area contributed by atoms with E-state index >= 15 is 0 Å². The third-order valence-corrected chi connectivity index (χ3v) is 4.54. The summed E-state index contributed by atoms with van der Waals surface area (Å²) in [5.41, 5.74) is 8.77. The van der Waals surface area contributed by atoms with Gasteiger partial charge in [-0.3, -0.25) is 0 Å². The summed E-state index contributed by atoms with van der Waals surface area (Å²) in [7, 11) is 1.88. The Morgan fingerprint density at radius 1 is 1.30 bits per heavy atom. The van der Waals surface area contributed by atoms with Gasteiger partial charge in [0.15, 0.2) is 4.60 Å². The smallest absolute Gasteiger partial charge is 0.153 e. The van der Waals surface area contributed by atoms with Crippen LogP contribution < -0.4 is 5.73 Å². The first-order chi connectivity index (χ1) is 9.56. The fourth-order valence-electron chi connectivity index (χ4n) is 2.68. The van der Waals surface area contributed by atoms with Gasteiger partial charge in [0.05, 0.1) is 11.7 Å². The lowest BCUT2D eigenvalue weighted by atomic mass is 9.79. The third-order valence-electron chi connectivity index (χ3n) is 3.97. The molecule has 1 aromatic heterocycles. The topological polar surface area (TPSA) is 56.7 Å². The molecule has 3 unspecified atom stereocenters. The van der Waals surface area contributed by atoms with Gasteiger partial charge in [-0.05, 0) is 27.4 Å². The molecule has 1 aromatic carbocycles. The highest BCUT2D eigenvalue weighted by molar-refractivity contribution is 9.10. The molecule has 0 aliphatic heterocycles. The van der Waals surface area contributed by atoms with Crippen LogP contribution in [0.25, 0.3) is 0 Å². The van der Waals surface area contributed by atoms with Crippen LogP contribution in [-0.4, -0.2) is 15.0 Å². The minimum atomic E-state index is -0.137. The first-order valence-corrected chi connectivity index (χ1v) is 7.71. The Bertz CT molecular complexity index is 533. The van der Waals surface area contributed by atoms with Crippen molar-refractivity contribution in [3.8, 4) is 0 Å². The number of halogens is 1. The van der Waals surface area contributed by atoms with E-state index in [-0.39, 0.29) is 12.0 Å². The second-order valence-electron chi connectivity index (χ2n) is 5.24. The lowest BCUT2D eigenvalue weighted by molar-refractivity contribution is 0.375. The van der Waals surface area contributed by atoms with Crippen LogP contribution in [0, 0.1) is 5.92 Å². The number of aryl methyl sites for hydroxylation is 1. The molecule has 0 spiro atoms. The van der Waals surface area contributed by atoms with Crippen molar-refractivity contribution in [3.63, 3.8) is 0 Å². The van der Waals surface area contributed by atoms with Gasteiger partial charge in [0, 0.05) is 13.0 Å². The molecule has 4 nitrogen and oxygen atoms in total. The maximum Gasteiger partial charge on any atom is 0.153 e. The molecular weight excluding hydrogens is 316 g/mol. The van der Waals surface area contributed by atoms with Crippen molar-refractivity contribution in [2.24, 2.45) is 18.7 Å². The Morgan fingerprint density at radius 2 is 1.95 bits per heavy atom. The van der Waals surface area contributed by atoms with Crippen LogP contribution in [0.3, 0.4) is 0 Å². The van der Waals surface area contributed by atoms with Gasteiger partial charge in [0.2, 0.25) is 0 Å². The first-order valence-electron chi connectivity index (χ1n) is 6.91. The van der Waals surface area contributed by atoms with Crippen molar-refractivity contribution in [2.45, 2.75) is 32.2 Å². The largest absolute Gasteiger partial charge is 0.322 e. The summed E-state index contributed by atoms with van der Waals surface area (Å²) in [6.07, 6.45) is 1.08. The van der Waals surface area contributed by atoms with Gasteiger partial charge in [0.1, 0.15) is 0 Å². The van der Waals surface area contributed by atoms with Crippen molar-refractivity contribution in [3.05, 3.63) is 46.2 Å². The summed E-state index contributed by atoms with van der Waals surface area (Å²) in [5, 5.41) is 8.09. The van der Waals surface area contributed by atoms with Crippen molar-refractivity contribution < 1.29 is 0 Å². The van der Waals surface area contributed by atoms with Crippen molar-refractivity contribution in [1.82, 2.24) is 15.0 Å². The normalized spacial score (nSPS) is 15.8. The highest BCUT2D eigenvalue weighted by Gasteiger charge is 2.30. The number of benzene rings is 1.